The van der Waals surface area contributed by atoms with E-state index in [9.17, 15) is 0 Å². The Bertz CT molecular complexity index is 10700. The third-order valence-corrected chi connectivity index (χ3v) is 30.8. The van der Waals surface area contributed by atoms with Crippen molar-refractivity contribution in [3.8, 4) is 89.1 Å². The predicted octanol–water partition coefficient (Wildman–Crippen LogP) is 39.7. The second kappa shape index (κ2) is 34.9. The zero-order valence-electron chi connectivity index (χ0n) is 81.1. The van der Waals surface area contributed by atoms with Crippen LogP contribution in [0.3, 0.4) is 0 Å². The van der Waals surface area contributed by atoms with Crippen molar-refractivity contribution < 1.29 is 13.3 Å². The first-order valence-electron chi connectivity index (χ1n) is 51.0. The first-order chi connectivity index (χ1) is 74.3. The van der Waals surface area contributed by atoms with Crippen LogP contribution in [0.15, 0.2) is 535 Å². The smallest absolute Gasteiger partial charge is 0.228 e. The molecule has 0 fully saturated rings. The minimum Gasteiger partial charge on any atom is -0.454 e. The molecule has 9 nitrogen and oxygen atoms in total. The molecule has 6 heterocycles. The molecular formula is C141H86N6O3. The maximum atomic E-state index is 7.29. The molecule has 0 aliphatic carbocycles. The Balaban J connectivity index is 0.492. The van der Waals surface area contributed by atoms with Gasteiger partial charge in [-0.3, -0.25) is 9.97 Å². The summed E-state index contributed by atoms with van der Waals surface area (Å²) in [6.07, 6.45) is 7.61. The number of fused-ring (bicyclic) bond motifs is 24. The molecule has 0 saturated heterocycles. The van der Waals surface area contributed by atoms with Crippen molar-refractivity contribution >= 4 is 214 Å². The number of aromatic nitrogens is 3. The first kappa shape index (κ1) is 85.5. The molecular weight excluding hydrogens is 1830 g/mol. The molecule has 0 radical (unpaired) electrons. The van der Waals surface area contributed by atoms with Gasteiger partial charge in [0, 0.05) is 79.8 Å². The van der Waals surface area contributed by atoms with E-state index in [2.05, 4.69) is 488 Å². The molecule has 698 valence electrons. The lowest BCUT2D eigenvalue weighted by molar-refractivity contribution is 0.654. The van der Waals surface area contributed by atoms with Crippen LogP contribution < -0.4 is 14.7 Å². The minimum absolute atomic E-state index is 0.556. The van der Waals surface area contributed by atoms with Crippen LogP contribution in [0.5, 0.6) is 0 Å². The van der Waals surface area contributed by atoms with E-state index in [1.165, 1.54) is 59.4 Å². The zero-order chi connectivity index (χ0) is 98.5. The summed E-state index contributed by atoms with van der Waals surface area (Å²) in [6, 6.07) is 181. The quantitative estimate of drug-likeness (QED) is 0.0827. The van der Waals surface area contributed by atoms with Gasteiger partial charge >= 0.3 is 0 Å². The van der Waals surface area contributed by atoms with Gasteiger partial charge in [-0.25, -0.2) is 4.98 Å². The molecule has 150 heavy (non-hydrogen) atoms. The summed E-state index contributed by atoms with van der Waals surface area (Å²) in [6.45, 7) is 0. The second-order valence-corrected chi connectivity index (χ2v) is 39.1. The molecule has 0 amide bonds. The van der Waals surface area contributed by atoms with Crippen molar-refractivity contribution in [2.45, 2.75) is 0 Å². The molecule has 0 spiro atoms. The summed E-state index contributed by atoms with van der Waals surface area (Å²) in [4.78, 5) is 22.2. The topological polar surface area (TPSA) is 87.8 Å². The van der Waals surface area contributed by atoms with Gasteiger partial charge in [0.15, 0.2) is 16.7 Å². The molecule has 30 aromatic rings. The lowest BCUT2D eigenvalue weighted by Gasteiger charge is -2.26. The highest BCUT2D eigenvalue weighted by molar-refractivity contribution is 6.28. The summed E-state index contributed by atoms with van der Waals surface area (Å²) >= 11 is 0. The largest absolute Gasteiger partial charge is 0.454 e. The van der Waals surface area contributed by atoms with Gasteiger partial charge in [0.2, 0.25) is 5.71 Å². The van der Waals surface area contributed by atoms with Crippen LogP contribution >= 0.6 is 0 Å². The van der Waals surface area contributed by atoms with Crippen molar-refractivity contribution in [2.24, 2.45) is 0 Å². The standard InChI is InChI=1S/C141H86N6O3/c1-4-20-87(21-5-1)90-44-60-104(61-45-90)145(107-70-54-98(55-71-107)124-84-127-110-28-12-10-26-95(110)56-74-116(127)112-30-14-15-31-113(112)124)129-35-19-34-121-136-133(149-138(121)129)77-79-143-137(136)103-43-40-97-58-72-114-115(123(97)83-103)73-57-96-38-41-100(80-122(96)114)93-50-66-106(67-51-93)146(105-62-46-91(47-63-105)88-22-6-2-7-23-88)130-36-18-33-120-135-119(76-78-144-141(135)150-139(120)130)126-82-102-27-11-13-29-111(102)134-118(126)75-59-99-39-42-101(81-125(99)134)94-52-68-109(69-53-94)147(108-64-48-92(49-65-108)89-24-8-3-9-25-89)131-86-142-85-128-117-32-16-17-37-132(117)148-140(128)131/h1-86H. The number of nitrogens with zero attached hydrogens (tertiary/aromatic N) is 6. The SMILES string of the molecule is c1ccc(-c2ccc(N(c3ccc(-c4ccc5ccc6c(-c7ccnc8oc9c(N(c%10ccc(-c%11ccccc%11)cc%10)c%10ccc(-c%11ccc%12ccc%13c%14cc(-c%15nccc%16oc%17c(N(c%18ccc(-c%19ccccc%19)cc%18)c%18ccc(-c%19cc%20c%21ccccc%21ccc%20c%20ccccc%19%20)cc%18)cccc%17c%15%16)ccc%14ccc%13c%12c%11)cc%10)cccc9c78)cc7ccccc7c6c5c4)cc3)c3cncc4c3oc3ccccc34)cc2)cc1. The van der Waals surface area contributed by atoms with Crippen molar-refractivity contribution in [1.29, 1.82) is 0 Å². The van der Waals surface area contributed by atoms with Crippen molar-refractivity contribution in [2.75, 3.05) is 14.7 Å². The minimum atomic E-state index is 0.556. The molecule has 0 unspecified atom stereocenters. The molecule has 9 heteroatoms. The molecule has 0 atom stereocenters. The average Bonchev–Trinajstić information content (AvgIpc) is 1.29. The molecule has 0 N–H and O–H groups in total. The van der Waals surface area contributed by atoms with E-state index in [1.54, 1.807) is 0 Å². The summed E-state index contributed by atoms with van der Waals surface area (Å²) in [7, 11) is 0. The Morgan fingerprint density at radius 3 is 1.11 bits per heavy atom. The van der Waals surface area contributed by atoms with Gasteiger partial charge in [-0.2, -0.15) is 0 Å². The Morgan fingerprint density at radius 1 is 0.167 bits per heavy atom. The van der Waals surface area contributed by atoms with Gasteiger partial charge in [0.1, 0.15) is 16.9 Å². The number of furan rings is 3. The number of pyridine rings is 3. The average molecular weight is 1910 g/mol. The Labute approximate surface area is 862 Å². The van der Waals surface area contributed by atoms with E-state index in [4.69, 9.17) is 28.2 Å². The van der Waals surface area contributed by atoms with Gasteiger partial charge in [-0.1, -0.05) is 364 Å². The number of rotatable bonds is 17. The van der Waals surface area contributed by atoms with Gasteiger partial charge in [0.25, 0.3) is 0 Å². The maximum absolute atomic E-state index is 7.29. The van der Waals surface area contributed by atoms with E-state index in [0.717, 1.165) is 238 Å². The summed E-state index contributed by atoms with van der Waals surface area (Å²) in [5.41, 5.74) is 30.5. The second-order valence-electron chi connectivity index (χ2n) is 39.1. The third kappa shape index (κ3) is 14.2. The fourth-order valence-electron chi connectivity index (χ4n) is 23.6. The highest BCUT2D eigenvalue weighted by Gasteiger charge is 2.29. The monoisotopic (exact) mass is 1910 g/mol. The van der Waals surface area contributed by atoms with Crippen LogP contribution in [0.1, 0.15) is 0 Å². The van der Waals surface area contributed by atoms with E-state index < -0.39 is 0 Å². The lowest BCUT2D eigenvalue weighted by Crippen LogP contribution is -2.10. The lowest BCUT2D eigenvalue weighted by atomic mass is 9.88. The Hall–Kier alpha value is -20.1. The fourth-order valence-corrected chi connectivity index (χ4v) is 23.6. The van der Waals surface area contributed by atoms with E-state index in [-0.39, 0.29) is 0 Å². The predicted molar refractivity (Wildman–Crippen MR) is 627 cm³/mol. The number of hydrogen-bond donors (Lipinski definition) is 0. The van der Waals surface area contributed by atoms with Gasteiger partial charge in [0.05, 0.1) is 34.0 Å². The van der Waals surface area contributed by atoms with Crippen LogP contribution in [0.4, 0.5) is 51.2 Å². The van der Waals surface area contributed by atoms with Crippen molar-refractivity contribution in [3.63, 3.8) is 0 Å². The van der Waals surface area contributed by atoms with E-state index in [1.807, 2.05) is 49.1 Å². The zero-order valence-corrected chi connectivity index (χ0v) is 81.1. The van der Waals surface area contributed by atoms with Crippen LogP contribution in [0, 0.1) is 0 Å². The van der Waals surface area contributed by atoms with Crippen LogP contribution in [0.2, 0.25) is 0 Å². The number of para-hydroxylation sites is 3. The normalized spacial score (nSPS) is 11.9. The number of anilines is 9. The fraction of sp³-hybridized carbons (Fsp3) is 0. The Morgan fingerprint density at radius 2 is 0.547 bits per heavy atom. The van der Waals surface area contributed by atoms with Gasteiger partial charge in [-0.05, 0) is 308 Å². The highest BCUT2D eigenvalue weighted by atomic mass is 16.3. The van der Waals surface area contributed by atoms with Gasteiger partial charge in [-0.15, -0.1) is 0 Å². The van der Waals surface area contributed by atoms with Crippen LogP contribution in [0.25, 0.3) is 252 Å². The number of hydrogen-bond acceptors (Lipinski definition) is 9. The molecule has 0 aliphatic rings. The molecule has 0 aliphatic heterocycles. The van der Waals surface area contributed by atoms with Gasteiger partial charge < -0.3 is 28.0 Å². The molecule has 6 aromatic heterocycles. The summed E-state index contributed by atoms with van der Waals surface area (Å²) in [5.74, 6) is 0. The Kier molecular flexibility index (Phi) is 19.9. The molecule has 0 bridgehead atoms. The first-order valence-corrected chi connectivity index (χ1v) is 51.0. The number of benzene rings is 24. The van der Waals surface area contributed by atoms with E-state index in [0.29, 0.717) is 5.71 Å². The summed E-state index contributed by atoms with van der Waals surface area (Å²) < 4.78 is 21.2. The van der Waals surface area contributed by atoms with Crippen molar-refractivity contribution in [1.82, 2.24) is 15.0 Å². The summed E-state index contributed by atoms with van der Waals surface area (Å²) in [5, 5.41) is 27.1. The van der Waals surface area contributed by atoms with Crippen LogP contribution in [-0.2, 0) is 0 Å². The maximum Gasteiger partial charge on any atom is 0.228 e. The molecule has 24 aromatic carbocycles. The molecule has 0 saturated carbocycles. The highest BCUT2D eigenvalue weighted by Crippen LogP contribution is 2.53. The molecule has 30 rings (SSSR count). The van der Waals surface area contributed by atoms with E-state index >= 15 is 0 Å². The van der Waals surface area contributed by atoms with Crippen LogP contribution in [-0.4, -0.2) is 15.0 Å². The third-order valence-electron chi connectivity index (χ3n) is 30.8. The van der Waals surface area contributed by atoms with Crippen molar-refractivity contribution in [3.05, 3.63) is 522 Å².